The molecule has 1 saturated heterocycles. The Balaban J connectivity index is 2.05. The van der Waals surface area contributed by atoms with Crippen molar-refractivity contribution in [2.45, 2.75) is 58.5 Å². The van der Waals surface area contributed by atoms with Gasteiger partial charge in [0, 0.05) is 44.3 Å². The summed E-state index contributed by atoms with van der Waals surface area (Å²) in [7, 11) is 0. The van der Waals surface area contributed by atoms with Gasteiger partial charge in [0.15, 0.2) is 0 Å². The number of piperazine rings is 1. The van der Waals surface area contributed by atoms with Crippen molar-refractivity contribution in [2.24, 2.45) is 17.6 Å². The zero-order valence-electron chi connectivity index (χ0n) is 13.4. The Morgan fingerprint density at radius 3 is 2.26 bits per heavy atom. The van der Waals surface area contributed by atoms with Gasteiger partial charge in [0.25, 0.3) is 0 Å². The van der Waals surface area contributed by atoms with E-state index in [0.717, 1.165) is 18.4 Å². The van der Waals surface area contributed by atoms with Crippen LogP contribution in [0.15, 0.2) is 0 Å². The van der Waals surface area contributed by atoms with Gasteiger partial charge >= 0.3 is 0 Å². The van der Waals surface area contributed by atoms with Gasteiger partial charge in [-0.25, -0.2) is 0 Å². The topological polar surface area (TPSA) is 32.5 Å². The molecule has 1 heterocycles. The maximum atomic E-state index is 6.26. The van der Waals surface area contributed by atoms with Crippen LogP contribution in [-0.2, 0) is 0 Å². The number of hydrogen-bond donors (Lipinski definition) is 1. The highest BCUT2D eigenvalue weighted by Crippen LogP contribution is 2.40. The second-order valence-electron chi connectivity index (χ2n) is 7.21. The van der Waals surface area contributed by atoms with E-state index in [1.54, 1.807) is 0 Å². The van der Waals surface area contributed by atoms with E-state index in [1.165, 1.54) is 45.4 Å². The molecular formula is C16H33N3. The summed E-state index contributed by atoms with van der Waals surface area (Å²) in [5, 5.41) is 0. The van der Waals surface area contributed by atoms with E-state index in [0.29, 0.717) is 6.04 Å². The van der Waals surface area contributed by atoms with Crippen molar-refractivity contribution in [3.8, 4) is 0 Å². The smallest absolute Gasteiger partial charge is 0.0360 e. The quantitative estimate of drug-likeness (QED) is 0.850. The average Bonchev–Trinajstić information content (AvgIpc) is 2.41. The molecule has 1 aliphatic carbocycles. The molecule has 0 aromatic carbocycles. The van der Waals surface area contributed by atoms with Crippen molar-refractivity contribution < 1.29 is 0 Å². The molecule has 2 rings (SSSR count). The van der Waals surface area contributed by atoms with E-state index in [-0.39, 0.29) is 5.54 Å². The molecule has 3 atom stereocenters. The van der Waals surface area contributed by atoms with Crippen LogP contribution in [-0.4, -0.2) is 54.1 Å². The van der Waals surface area contributed by atoms with Crippen LogP contribution in [0, 0.1) is 11.8 Å². The van der Waals surface area contributed by atoms with Gasteiger partial charge < -0.3 is 5.73 Å². The molecule has 3 unspecified atom stereocenters. The third-order valence-corrected chi connectivity index (χ3v) is 5.74. The molecule has 0 bridgehead atoms. The summed E-state index contributed by atoms with van der Waals surface area (Å²) in [6.07, 6.45) is 4.03. The molecular weight excluding hydrogens is 234 g/mol. The van der Waals surface area contributed by atoms with Crippen molar-refractivity contribution in [3.05, 3.63) is 0 Å². The summed E-state index contributed by atoms with van der Waals surface area (Å²) in [5.74, 6) is 1.59. The molecule has 2 aliphatic rings. The summed E-state index contributed by atoms with van der Waals surface area (Å²) < 4.78 is 0. The van der Waals surface area contributed by atoms with E-state index < -0.39 is 0 Å². The molecule has 0 radical (unpaired) electrons. The molecule has 3 heteroatoms. The van der Waals surface area contributed by atoms with E-state index in [4.69, 9.17) is 5.73 Å². The number of nitrogens with zero attached hydrogens (tertiary/aromatic N) is 2. The Hall–Kier alpha value is -0.120. The van der Waals surface area contributed by atoms with E-state index in [9.17, 15) is 0 Å². The summed E-state index contributed by atoms with van der Waals surface area (Å²) in [5.41, 5.74) is 6.54. The lowest BCUT2D eigenvalue weighted by atomic mass is 9.68. The zero-order valence-corrected chi connectivity index (χ0v) is 13.4. The Bertz CT molecular complexity index is 284. The predicted octanol–water partition coefficient (Wildman–Crippen LogP) is 2.17. The van der Waals surface area contributed by atoms with Crippen molar-refractivity contribution in [1.82, 2.24) is 9.80 Å². The Kier molecular flexibility index (Phi) is 4.91. The van der Waals surface area contributed by atoms with Gasteiger partial charge in [0.1, 0.15) is 0 Å². The molecule has 0 aromatic heterocycles. The number of nitrogens with two attached hydrogens (primary N) is 1. The Labute approximate surface area is 119 Å². The second-order valence-corrected chi connectivity index (χ2v) is 7.21. The van der Waals surface area contributed by atoms with Gasteiger partial charge in [0.2, 0.25) is 0 Å². The maximum Gasteiger partial charge on any atom is 0.0360 e. The van der Waals surface area contributed by atoms with Crippen LogP contribution in [0.1, 0.15) is 47.0 Å². The molecule has 2 fully saturated rings. The lowest BCUT2D eigenvalue weighted by Gasteiger charge is -2.54. The molecule has 19 heavy (non-hydrogen) atoms. The van der Waals surface area contributed by atoms with Gasteiger partial charge in [-0.3, -0.25) is 9.80 Å². The molecule has 2 N–H and O–H groups in total. The Morgan fingerprint density at radius 1 is 1.11 bits per heavy atom. The zero-order chi connectivity index (χ0) is 14.0. The first-order valence-corrected chi connectivity index (χ1v) is 8.18. The monoisotopic (exact) mass is 267 g/mol. The van der Waals surface area contributed by atoms with Crippen molar-refractivity contribution in [2.75, 3.05) is 32.7 Å². The van der Waals surface area contributed by atoms with Crippen LogP contribution in [0.5, 0.6) is 0 Å². The van der Waals surface area contributed by atoms with Crippen LogP contribution in [0.4, 0.5) is 0 Å². The highest BCUT2D eigenvalue weighted by atomic mass is 15.3. The molecule has 1 saturated carbocycles. The molecule has 112 valence electrons. The standard InChI is InChI=1S/C16H33N3/c1-13(2)18-7-9-19(10-8-18)16(12-17)11-14(3)5-6-15(16)4/h13-15H,5-12,17H2,1-4H3. The van der Waals surface area contributed by atoms with E-state index in [1.807, 2.05) is 0 Å². The van der Waals surface area contributed by atoms with Gasteiger partial charge in [-0.05, 0) is 38.5 Å². The van der Waals surface area contributed by atoms with Crippen LogP contribution in [0.3, 0.4) is 0 Å². The molecule has 0 spiro atoms. The Morgan fingerprint density at radius 2 is 1.74 bits per heavy atom. The maximum absolute atomic E-state index is 6.26. The summed E-state index contributed by atoms with van der Waals surface area (Å²) in [6, 6.07) is 0.679. The van der Waals surface area contributed by atoms with Gasteiger partial charge in [0.05, 0.1) is 0 Å². The molecule has 3 nitrogen and oxygen atoms in total. The second kappa shape index (κ2) is 6.11. The third-order valence-electron chi connectivity index (χ3n) is 5.74. The van der Waals surface area contributed by atoms with Gasteiger partial charge in [-0.1, -0.05) is 20.3 Å². The predicted molar refractivity (Wildman–Crippen MR) is 82.2 cm³/mol. The number of hydrogen-bond acceptors (Lipinski definition) is 3. The van der Waals surface area contributed by atoms with Crippen molar-refractivity contribution in [3.63, 3.8) is 0 Å². The number of rotatable bonds is 3. The summed E-state index contributed by atoms with van der Waals surface area (Å²) in [4.78, 5) is 5.32. The lowest BCUT2D eigenvalue weighted by molar-refractivity contribution is -0.0363. The van der Waals surface area contributed by atoms with Gasteiger partial charge in [-0.2, -0.15) is 0 Å². The first-order valence-electron chi connectivity index (χ1n) is 8.18. The van der Waals surface area contributed by atoms with Crippen LogP contribution >= 0.6 is 0 Å². The van der Waals surface area contributed by atoms with Crippen LogP contribution in [0.2, 0.25) is 0 Å². The largest absolute Gasteiger partial charge is 0.329 e. The van der Waals surface area contributed by atoms with E-state index >= 15 is 0 Å². The first-order chi connectivity index (χ1) is 8.99. The highest BCUT2D eigenvalue weighted by molar-refractivity contribution is 5.01. The van der Waals surface area contributed by atoms with E-state index in [2.05, 4.69) is 37.5 Å². The van der Waals surface area contributed by atoms with Crippen molar-refractivity contribution in [1.29, 1.82) is 0 Å². The van der Waals surface area contributed by atoms with Crippen LogP contribution < -0.4 is 5.73 Å². The normalized spacial score (nSPS) is 38.8. The fourth-order valence-electron chi connectivity index (χ4n) is 4.25. The molecule has 1 aliphatic heterocycles. The van der Waals surface area contributed by atoms with Crippen LogP contribution in [0.25, 0.3) is 0 Å². The SMILES string of the molecule is CC1CCC(C)C(CN)(N2CCN(C(C)C)CC2)C1. The molecule has 0 amide bonds. The minimum atomic E-state index is 0.279. The minimum Gasteiger partial charge on any atom is -0.329 e. The first kappa shape index (κ1) is 15.3. The lowest BCUT2D eigenvalue weighted by Crippen LogP contribution is -2.65. The van der Waals surface area contributed by atoms with Gasteiger partial charge in [-0.15, -0.1) is 0 Å². The van der Waals surface area contributed by atoms with Crippen molar-refractivity contribution >= 4 is 0 Å². The third kappa shape index (κ3) is 2.98. The minimum absolute atomic E-state index is 0.279. The summed E-state index contributed by atoms with van der Waals surface area (Å²) >= 11 is 0. The molecule has 0 aromatic rings. The average molecular weight is 267 g/mol. The fourth-order valence-corrected chi connectivity index (χ4v) is 4.25. The fraction of sp³-hybridized carbons (Fsp3) is 1.00. The summed E-state index contributed by atoms with van der Waals surface area (Å²) in [6.45, 7) is 15.1. The highest BCUT2D eigenvalue weighted by Gasteiger charge is 2.44.